The maximum absolute atomic E-state index is 2.51. The van der Waals surface area contributed by atoms with Crippen molar-refractivity contribution in [2.75, 3.05) is 11.9 Å². The van der Waals surface area contributed by atoms with Crippen LogP contribution in [-0.2, 0) is 6.42 Å². The van der Waals surface area contributed by atoms with E-state index >= 15 is 0 Å². The number of para-hydroxylation sites is 1. The van der Waals surface area contributed by atoms with Gasteiger partial charge in [0, 0.05) is 24.7 Å². The van der Waals surface area contributed by atoms with Gasteiger partial charge in [0.2, 0.25) is 0 Å². The van der Waals surface area contributed by atoms with Crippen molar-refractivity contribution in [3.63, 3.8) is 0 Å². The Labute approximate surface area is 121 Å². The number of fused-ring (bicyclic) bond motifs is 5. The van der Waals surface area contributed by atoms with Crippen LogP contribution in [0.4, 0.5) is 5.69 Å². The van der Waals surface area contributed by atoms with Crippen LogP contribution in [0.5, 0.6) is 0 Å². The fraction of sp³-hybridized carbons (Fsp3) is 0.368. The second-order valence-electron chi connectivity index (χ2n) is 6.46. The number of rotatable bonds is 0. The zero-order valence-corrected chi connectivity index (χ0v) is 12.2. The molecule has 2 aromatic carbocycles. The Morgan fingerprint density at radius 1 is 0.950 bits per heavy atom. The average Bonchev–Trinajstić information content (AvgIpc) is 2.64. The molecule has 20 heavy (non-hydrogen) atoms. The zero-order valence-electron chi connectivity index (χ0n) is 12.2. The third kappa shape index (κ3) is 1.62. The van der Waals surface area contributed by atoms with Crippen LogP contribution in [0, 0.1) is 5.92 Å². The third-order valence-electron chi connectivity index (χ3n) is 5.14. The largest absolute Gasteiger partial charge is 0.370 e. The second kappa shape index (κ2) is 4.37. The van der Waals surface area contributed by atoms with Gasteiger partial charge in [-0.2, -0.15) is 0 Å². The lowest BCUT2D eigenvalue weighted by molar-refractivity contribution is 0.458. The Balaban J connectivity index is 1.94. The molecule has 0 radical (unpaired) electrons. The molecule has 2 aliphatic rings. The molecule has 0 aromatic heterocycles. The molecule has 1 nitrogen and oxygen atoms in total. The molecule has 0 saturated carbocycles. The average molecular weight is 263 g/mol. The molecule has 1 aliphatic heterocycles. The topological polar surface area (TPSA) is 3.24 Å². The molecule has 0 N–H and O–H groups in total. The Hall–Kier alpha value is -1.76. The third-order valence-corrected chi connectivity index (χ3v) is 5.14. The molecule has 1 heteroatoms. The van der Waals surface area contributed by atoms with E-state index in [4.69, 9.17) is 0 Å². The fourth-order valence-electron chi connectivity index (χ4n) is 4.24. The SMILES string of the molecule is CC1Cc2ccccc2C2c3ccccc3N(C)C2C1. The Morgan fingerprint density at radius 3 is 2.50 bits per heavy atom. The van der Waals surface area contributed by atoms with Gasteiger partial charge >= 0.3 is 0 Å². The minimum Gasteiger partial charge on any atom is -0.370 e. The normalized spacial score (nSPS) is 27.5. The lowest BCUT2D eigenvalue weighted by atomic mass is 9.86. The van der Waals surface area contributed by atoms with Crippen molar-refractivity contribution >= 4 is 5.69 Å². The summed E-state index contributed by atoms with van der Waals surface area (Å²) in [7, 11) is 2.27. The van der Waals surface area contributed by atoms with E-state index in [9.17, 15) is 0 Å². The van der Waals surface area contributed by atoms with Gasteiger partial charge in [-0.25, -0.2) is 0 Å². The molecule has 4 rings (SSSR count). The predicted octanol–water partition coefficient (Wildman–Crippen LogP) is 4.22. The molecule has 0 fully saturated rings. The molecule has 2 aromatic rings. The first-order valence-electron chi connectivity index (χ1n) is 7.65. The van der Waals surface area contributed by atoms with Crippen molar-refractivity contribution in [2.24, 2.45) is 5.92 Å². The molecular weight excluding hydrogens is 242 g/mol. The van der Waals surface area contributed by atoms with Gasteiger partial charge in [0.1, 0.15) is 0 Å². The summed E-state index contributed by atoms with van der Waals surface area (Å²) in [5.74, 6) is 1.31. The van der Waals surface area contributed by atoms with Crippen LogP contribution in [0.3, 0.4) is 0 Å². The molecule has 0 saturated heterocycles. The maximum Gasteiger partial charge on any atom is 0.0406 e. The number of benzene rings is 2. The summed E-state index contributed by atoms with van der Waals surface area (Å²) in [6, 6.07) is 18.6. The van der Waals surface area contributed by atoms with Gasteiger partial charge in [0.15, 0.2) is 0 Å². The van der Waals surface area contributed by atoms with E-state index in [1.807, 2.05) is 0 Å². The highest BCUT2D eigenvalue weighted by Crippen LogP contribution is 2.48. The first kappa shape index (κ1) is 12.0. The smallest absolute Gasteiger partial charge is 0.0406 e. The van der Waals surface area contributed by atoms with Crippen molar-refractivity contribution in [1.29, 1.82) is 0 Å². The molecular formula is C19H21N. The second-order valence-corrected chi connectivity index (χ2v) is 6.46. The predicted molar refractivity (Wildman–Crippen MR) is 84.4 cm³/mol. The van der Waals surface area contributed by atoms with Gasteiger partial charge in [-0.1, -0.05) is 49.4 Å². The van der Waals surface area contributed by atoms with E-state index in [0.29, 0.717) is 12.0 Å². The summed E-state index contributed by atoms with van der Waals surface area (Å²) in [4.78, 5) is 2.51. The van der Waals surface area contributed by atoms with E-state index in [1.165, 1.54) is 24.1 Å². The van der Waals surface area contributed by atoms with Crippen LogP contribution in [0.25, 0.3) is 0 Å². The molecule has 0 bridgehead atoms. The molecule has 3 atom stereocenters. The van der Waals surface area contributed by atoms with Gasteiger partial charge in [-0.3, -0.25) is 0 Å². The van der Waals surface area contributed by atoms with Gasteiger partial charge in [0.25, 0.3) is 0 Å². The molecule has 102 valence electrons. The van der Waals surface area contributed by atoms with Crippen molar-refractivity contribution in [3.8, 4) is 0 Å². The highest BCUT2D eigenvalue weighted by molar-refractivity contribution is 5.65. The van der Waals surface area contributed by atoms with E-state index in [-0.39, 0.29) is 0 Å². The first-order chi connectivity index (χ1) is 9.75. The molecule has 1 heterocycles. The minimum absolute atomic E-state index is 0.553. The first-order valence-corrected chi connectivity index (χ1v) is 7.65. The minimum atomic E-state index is 0.553. The molecule has 0 spiro atoms. The molecule has 3 unspecified atom stereocenters. The lowest BCUT2D eigenvalue weighted by Gasteiger charge is -2.27. The number of nitrogens with zero attached hydrogens (tertiary/aromatic N) is 1. The van der Waals surface area contributed by atoms with Crippen LogP contribution in [0.15, 0.2) is 48.5 Å². The Bertz CT molecular complexity index is 646. The van der Waals surface area contributed by atoms with E-state index in [2.05, 4.69) is 67.4 Å². The summed E-state index contributed by atoms with van der Waals surface area (Å²) in [6.07, 6.45) is 2.50. The number of likely N-dealkylation sites (N-methyl/N-ethyl adjacent to an activating group) is 1. The quantitative estimate of drug-likeness (QED) is 0.688. The highest BCUT2D eigenvalue weighted by atomic mass is 15.2. The van der Waals surface area contributed by atoms with E-state index < -0.39 is 0 Å². The fourth-order valence-corrected chi connectivity index (χ4v) is 4.24. The highest BCUT2D eigenvalue weighted by Gasteiger charge is 2.40. The molecule has 1 aliphatic carbocycles. The lowest BCUT2D eigenvalue weighted by Crippen LogP contribution is -2.31. The maximum atomic E-state index is 2.51. The van der Waals surface area contributed by atoms with Crippen LogP contribution in [0.1, 0.15) is 36.0 Å². The number of hydrogen-bond donors (Lipinski definition) is 0. The van der Waals surface area contributed by atoms with Crippen LogP contribution >= 0.6 is 0 Å². The monoisotopic (exact) mass is 263 g/mol. The zero-order chi connectivity index (χ0) is 13.7. The van der Waals surface area contributed by atoms with Crippen molar-refractivity contribution in [1.82, 2.24) is 0 Å². The summed E-state index contributed by atoms with van der Waals surface area (Å²) in [6.45, 7) is 2.40. The van der Waals surface area contributed by atoms with Gasteiger partial charge < -0.3 is 4.90 Å². The van der Waals surface area contributed by atoms with Crippen LogP contribution in [-0.4, -0.2) is 13.1 Å². The van der Waals surface area contributed by atoms with Gasteiger partial charge in [-0.05, 0) is 41.5 Å². The van der Waals surface area contributed by atoms with Crippen molar-refractivity contribution in [2.45, 2.75) is 31.7 Å². The summed E-state index contributed by atoms with van der Waals surface area (Å²) in [5.41, 5.74) is 6.05. The van der Waals surface area contributed by atoms with Crippen LogP contribution < -0.4 is 4.90 Å². The standard InChI is InChI=1S/C19H21N/c1-13-11-14-7-3-4-8-15(14)19-16-9-5-6-10-17(16)20(2)18(19)12-13/h3-10,13,18-19H,11-12H2,1-2H3. The number of hydrogen-bond acceptors (Lipinski definition) is 1. The Kier molecular flexibility index (Phi) is 2.63. The number of anilines is 1. The van der Waals surface area contributed by atoms with Crippen molar-refractivity contribution in [3.05, 3.63) is 65.2 Å². The van der Waals surface area contributed by atoms with Crippen molar-refractivity contribution < 1.29 is 0 Å². The summed E-state index contributed by atoms with van der Waals surface area (Å²) >= 11 is 0. The van der Waals surface area contributed by atoms with E-state index in [1.54, 1.807) is 11.1 Å². The molecule has 0 amide bonds. The van der Waals surface area contributed by atoms with Gasteiger partial charge in [-0.15, -0.1) is 0 Å². The van der Waals surface area contributed by atoms with E-state index in [0.717, 1.165) is 5.92 Å². The van der Waals surface area contributed by atoms with Crippen LogP contribution in [0.2, 0.25) is 0 Å². The van der Waals surface area contributed by atoms with Gasteiger partial charge in [0.05, 0.1) is 0 Å². The Morgan fingerprint density at radius 2 is 1.65 bits per heavy atom. The summed E-state index contributed by atoms with van der Waals surface area (Å²) < 4.78 is 0. The summed E-state index contributed by atoms with van der Waals surface area (Å²) in [5, 5.41) is 0.